The van der Waals surface area contributed by atoms with Crippen LogP contribution in [0.15, 0.2) is 12.1 Å². The molecule has 1 aromatic carbocycles. The number of carbonyl (C=O) groups is 2. The quantitative estimate of drug-likeness (QED) is 0.764. The molecule has 1 aliphatic heterocycles. The number of hydrogen-bond acceptors (Lipinski definition) is 3. The zero-order chi connectivity index (χ0) is 20.8. The van der Waals surface area contributed by atoms with Crippen molar-refractivity contribution in [2.45, 2.75) is 69.7 Å². The third-order valence-corrected chi connectivity index (χ3v) is 6.54. The van der Waals surface area contributed by atoms with Gasteiger partial charge in [0.25, 0.3) is 5.91 Å². The molecule has 6 nitrogen and oxygen atoms in total. The molecule has 3 fully saturated rings. The maximum Gasteiger partial charge on any atom is 0.318 e. The van der Waals surface area contributed by atoms with Crippen LogP contribution < -0.4 is 5.32 Å². The molecule has 8 heteroatoms. The molecule has 3 aliphatic rings. The molecule has 4 rings (SSSR count). The van der Waals surface area contributed by atoms with E-state index in [9.17, 15) is 19.1 Å². The van der Waals surface area contributed by atoms with Crippen LogP contribution in [-0.4, -0.2) is 57.6 Å². The summed E-state index contributed by atoms with van der Waals surface area (Å²) in [6.45, 7) is 2.94. The lowest BCUT2D eigenvalue weighted by atomic mass is 10.0. The van der Waals surface area contributed by atoms with Crippen molar-refractivity contribution in [3.05, 3.63) is 34.1 Å². The third kappa shape index (κ3) is 4.36. The Balaban J connectivity index is 1.41. The molecule has 0 aromatic heterocycles. The van der Waals surface area contributed by atoms with Crippen LogP contribution in [0.3, 0.4) is 0 Å². The van der Waals surface area contributed by atoms with Crippen LogP contribution in [0, 0.1) is 12.7 Å². The molecule has 1 atom stereocenters. The summed E-state index contributed by atoms with van der Waals surface area (Å²) >= 11 is 5.94. The molecule has 0 unspecified atom stereocenters. The van der Waals surface area contributed by atoms with Crippen LogP contribution >= 0.6 is 11.6 Å². The van der Waals surface area contributed by atoms with Crippen LogP contribution in [0.25, 0.3) is 0 Å². The molecule has 0 bridgehead atoms. The van der Waals surface area contributed by atoms with E-state index >= 15 is 0 Å². The normalized spacial score (nSPS) is 22.9. The predicted octanol–water partition coefficient (Wildman–Crippen LogP) is 2.98. The van der Waals surface area contributed by atoms with Gasteiger partial charge < -0.3 is 20.2 Å². The van der Waals surface area contributed by atoms with Crippen molar-refractivity contribution in [1.82, 2.24) is 15.1 Å². The molecular weight excluding hydrogens is 397 g/mol. The van der Waals surface area contributed by atoms with Crippen molar-refractivity contribution in [1.29, 1.82) is 0 Å². The van der Waals surface area contributed by atoms with E-state index in [2.05, 4.69) is 5.32 Å². The predicted molar refractivity (Wildman–Crippen MR) is 107 cm³/mol. The van der Waals surface area contributed by atoms with Crippen molar-refractivity contribution in [3.63, 3.8) is 0 Å². The summed E-state index contributed by atoms with van der Waals surface area (Å²) in [6.07, 6.45) is 4.54. The molecule has 1 saturated heterocycles. The highest BCUT2D eigenvalue weighted by Gasteiger charge is 2.51. The van der Waals surface area contributed by atoms with Gasteiger partial charge in [0.2, 0.25) is 0 Å². The first-order valence-electron chi connectivity index (χ1n) is 10.3. The Morgan fingerprint density at radius 2 is 2.03 bits per heavy atom. The number of benzene rings is 1. The number of carbonyl (C=O) groups excluding carboxylic acids is 2. The Hall–Kier alpha value is -1.86. The Morgan fingerprint density at radius 3 is 2.69 bits per heavy atom. The lowest BCUT2D eigenvalue weighted by molar-refractivity contribution is -0.144. The maximum absolute atomic E-state index is 14.1. The van der Waals surface area contributed by atoms with Crippen molar-refractivity contribution in [3.8, 4) is 0 Å². The number of amides is 3. The number of aliphatic hydroxyl groups is 1. The minimum absolute atomic E-state index is 0.0839. The summed E-state index contributed by atoms with van der Waals surface area (Å²) in [5.74, 6) is -0.650. The summed E-state index contributed by atoms with van der Waals surface area (Å²) < 4.78 is 14.1. The van der Waals surface area contributed by atoms with Gasteiger partial charge in [0.05, 0.1) is 6.04 Å². The first-order chi connectivity index (χ1) is 13.8. The Morgan fingerprint density at radius 1 is 1.31 bits per heavy atom. The lowest BCUT2D eigenvalue weighted by Gasteiger charge is -2.40. The average Bonchev–Trinajstić information content (AvgIpc) is 3.62. The molecule has 0 radical (unpaired) electrons. The van der Waals surface area contributed by atoms with Gasteiger partial charge in [-0.25, -0.2) is 9.18 Å². The second kappa shape index (κ2) is 7.76. The molecule has 158 valence electrons. The number of halogens is 2. The Bertz CT molecular complexity index is 826. The number of piperidine rings is 1. The number of hydrogen-bond donors (Lipinski definition) is 2. The van der Waals surface area contributed by atoms with E-state index in [-0.39, 0.29) is 30.6 Å². The van der Waals surface area contributed by atoms with Crippen LogP contribution in [0.1, 0.15) is 49.7 Å². The Labute approximate surface area is 175 Å². The first-order valence-corrected chi connectivity index (χ1v) is 10.7. The van der Waals surface area contributed by atoms with Crippen molar-refractivity contribution in [2.24, 2.45) is 0 Å². The van der Waals surface area contributed by atoms with E-state index in [1.165, 1.54) is 6.07 Å². The second-order valence-electron chi connectivity index (χ2n) is 8.57. The van der Waals surface area contributed by atoms with E-state index in [1.54, 1.807) is 17.9 Å². The summed E-state index contributed by atoms with van der Waals surface area (Å²) in [4.78, 5) is 29.0. The molecule has 3 amide bonds. The van der Waals surface area contributed by atoms with E-state index in [0.29, 0.717) is 36.5 Å². The van der Waals surface area contributed by atoms with E-state index < -0.39 is 11.4 Å². The lowest BCUT2D eigenvalue weighted by Crippen LogP contribution is -2.56. The number of aryl methyl sites for hydroxylation is 1. The fourth-order valence-corrected chi connectivity index (χ4v) is 4.24. The molecular formula is C21H27ClFN3O3. The van der Waals surface area contributed by atoms with Gasteiger partial charge in [-0.2, -0.15) is 0 Å². The molecule has 29 heavy (non-hydrogen) atoms. The van der Waals surface area contributed by atoms with Crippen LogP contribution in [-0.2, 0) is 11.3 Å². The minimum atomic E-state index is -1.18. The summed E-state index contributed by atoms with van der Waals surface area (Å²) in [5.41, 5.74) is -0.0263. The summed E-state index contributed by atoms with van der Waals surface area (Å²) in [5, 5.41) is 13.4. The summed E-state index contributed by atoms with van der Waals surface area (Å²) in [7, 11) is 0. The molecule has 2 saturated carbocycles. The maximum atomic E-state index is 14.1. The van der Waals surface area contributed by atoms with Gasteiger partial charge in [-0.05, 0) is 63.1 Å². The highest BCUT2D eigenvalue weighted by atomic mass is 35.5. The SMILES string of the molecule is Cc1cc(CNC(=O)N(C2CC2)[C@@H]2CCCN(C(=O)C3(O)CC3)C2)c(F)cc1Cl. The van der Waals surface area contributed by atoms with Crippen LogP contribution in [0.5, 0.6) is 0 Å². The minimum Gasteiger partial charge on any atom is -0.380 e. The van der Waals surface area contributed by atoms with Crippen molar-refractivity contribution < 1.29 is 19.1 Å². The monoisotopic (exact) mass is 423 g/mol. The Kier molecular flexibility index (Phi) is 5.46. The van der Waals surface area contributed by atoms with Gasteiger partial charge in [0, 0.05) is 36.3 Å². The number of nitrogens with zero attached hydrogens (tertiary/aromatic N) is 2. The molecule has 2 aliphatic carbocycles. The van der Waals surface area contributed by atoms with E-state index in [4.69, 9.17) is 11.6 Å². The van der Waals surface area contributed by atoms with Crippen molar-refractivity contribution in [2.75, 3.05) is 13.1 Å². The summed E-state index contributed by atoms with van der Waals surface area (Å²) in [6, 6.07) is 2.76. The van der Waals surface area contributed by atoms with Crippen LogP contribution in [0.4, 0.5) is 9.18 Å². The largest absolute Gasteiger partial charge is 0.380 e. The fourth-order valence-electron chi connectivity index (χ4n) is 4.09. The highest BCUT2D eigenvalue weighted by molar-refractivity contribution is 6.31. The highest BCUT2D eigenvalue weighted by Crippen LogP contribution is 2.38. The number of urea groups is 1. The molecule has 1 heterocycles. The van der Waals surface area contributed by atoms with Gasteiger partial charge >= 0.3 is 6.03 Å². The molecule has 0 spiro atoms. The number of rotatable bonds is 5. The molecule has 2 N–H and O–H groups in total. The second-order valence-corrected chi connectivity index (χ2v) is 8.98. The smallest absolute Gasteiger partial charge is 0.318 e. The zero-order valence-electron chi connectivity index (χ0n) is 16.6. The topological polar surface area (TPSA) is 72.9 Å². The van der Waals surface area contributed by atoms with Gasteiger partial charge in [-0.3, -0.25) is 4.79 Å². The first kappa shape index (κ1) is 20.4. The zero-order valence-corrected chi connectivity index (χ0v) is 17.3. The number of likely N-dealkylation sites (tertiary alicyclic amines) is 1. The van der Waals surface area contributed by atoms with Gasteiger partial charge in [0.1, 0.15) is 11.4 Å². The van der Waals surface area contributed by atoms with Crippen LogP contribution in [0.2, 0.25) is 5.02 Å². The third-order valence-electron chi connectivity index (χ3n) is 6.13. The van der Waals surface area contributed by atoms with E-state index in [0.717, 1.165) is 31.2 Å². The van der Waals surface area contributed by atoms with Gasteiger partial charge in [-0.1, -0.05) is 11.6 Å². The van der Waals surface area contributed by atoms with Crippen molar-refractivity contribution >= 4 is 23.5 Å². The van der Waals surface area contributed by atoms with Gasteiger partial charge in [-0.15, -0.1) is 0 Å². The number of nitrogens with one attached hydrogen (secondary N) is 1. The van der Waals surface area contributed by atoms with E-state index in [1.807, 2.05) is 4.90 Å². The van der Waals surface area contributed by atoms with Gasteiger partial charge in [0.15, 0.2) is 0 Å². The molecule has 1 aromatic rings. The average molecular weight is 424 g/mol. The standard InChI is InChI=1S/C21H27ClFN3O3/c1-13-9-14(18(23)10-17(13)22)11-24-20(28)26(15-4-5-15)16-3-2-8-25(12-16)19(27)21(29)6-7-21/h9-10,15-16,29H,2-8,11-12H2,1H3,(H,24,28)/t16-/m1/s1. The fraction of sp³-hybridized carbons (Fsp3) is 0.619.